The molecular weight excluding hydrogens is 262 g/mol. The molecule has 0 bridgehead atoms. The normalized spacial score (nSPS) is 33.3. The molecule has 0 aromatic rings. The van der Waals surface area contributed by atoms with Gasteiger partial charge in [0, 0.05) is 32.8 Å². The standard InChI is InChI=1S/C17H31N3O/c1-2-18-17(19-10-9-16-8-5-11-21-16)20-12-14-6-3-4-7-15(14)13-20/h14-16H,2-13H2,1H3,(H,18,19). The molecule has 1 aliphatic carbocycles. The van der Waals surface area contributed by atoms with E-state index < -0.39 is 0 Å². The van der Waals surface area contributed by atoms with Crippen molar-refractivity contribution < 1.29 is 4.74 Å². The van der Waals surface area contributed by atoms with E-state index in [0.717, 1.165) is 43.9 Å². The Bertz CT molecular complexity index is 338. The first kappa shape index (κ1) is 15.1. The Hall–Kier alpha value is -0.770. The maximum atomic E-state index is 5.69. The third-order valence-corrected chi connectivity index (χ3v) is 5.35. The maximum absolute atomic E-state index is 5.69. The Kier molecular flexibility index (Phi) is 5.39. The van der Waals surface area contributed by atoms with Gasteiger partial charge in [-0.2, -0.15) is 0 Å². The van der Waals surface area contributed by atoms with Crippen molar-refractivity contribution in [3.8, 4) is 0 Å². The molecule has 2 aliphatic heterocycles. The summed E-state index contributed by atoms with van der Waals surface area (Å²) in [7, 11) is 0. The molecule has 3 aliphatic rings. The van der Waals surface area contributed by atoms with Gasteiger partial charge < -0.3 is 15.0 Å². The summed E-state index contributed by atoms with van der Waals surface area (Å²) in [6.45, 7) is 7.42. The monoisotopic (exact) mass is 293 g/mol. The summed E-state index contributed by atoms with van der Waals surface area (Å²) in [6, 6.07) is 0. The molecule has 1 saturated carbocycles. The van der Waals surface area contributed by atoms with E-state index >= 15 is 0 Å². The predicted molar refractivity (Wildman–Crippen MR) is 86.6 cm³/mol. The largest absolute Gasteiger partial charge is 0.378 e. The SMILES string of the molecule is CCNC(=NCCC1CCCO1)N1CC2CCCCC2C1. The van der Waals surface area contributed by atoms with Gasteiger partial charge in [-0.25, -0.2) is 0 Å². The van der Waals surface area contributed by atoms with Gasteiger partial charge in [-0.05, 0) is 50.9 Å². The van der Waals surface area contributed by atoms with Crippen LogP contribution in [0.15, 0.2) is 4.99 Å². The van der Waals surface area contributed by atoms with Crippen molar-refractivity contribution in [2.75, 3.05) is 32.8 Å². The Balaban J connectivity index is 1.53. The third kappa shape index (κ3) is 3.91. The Morgan fingerprint density at radius 1 is 1.14 bits per heavy atom. The Labute approximate surface area is 129 Å². The fourth-order valence-electron chi connectivity index (χ4n) is 4.19. The van der Waals surface area contributed by atoms with Crippen molar-refractivity contribution in [1.29, 1.82) is 0 Å². The van der Waals surface area contributed by atoms with Crippen LogP contribution in [0.3, 0.4) is 0 Å². The second kappa shape index (κ2) is 7.48. The lowest BCUT2D eigenvalue weighted by atomic mass is 9.82. The number of nitrogens with one attached hydrogen (secondary N) is 1. The van der Waals surface area contributed by atoms with E-state index in [4.69, 9.17) is 9.73 Å². The highest BCUT2D eigenvalue weighted by molar-refractivity contribution is 5.80. The van der Waals surface area contributed by atoms with Crippen LogP contribution >= 0.6 is 0 Å². The lowest BCUT2D eigenvalue weighted by molar-refractivity contribution is 0.106. The van der Waals surface area contributed by atoms with E-state index in [0.29, 0.717) is 6.10 Å². The quantitative estimate of drug-likeness (QED) is 0.639. The van der Waals surface area contributed by atoms with Crippen LogP contribution in [-0.4, -0.2) is 49.7 Å². The second-order valence-corrected chi connectivity index (χ2v) is 6.87. The number of hydrogen-bond donors (Lipinski definition) is 1. The van der Waals surface area contributed by atoms with Crippen molar-refractivity contribution >= 4 is 5.96 Å². The number of fused-ring (bicyclic) bond motifs is 1. The fourth-order valence-corrected chi connectivity index (χ4v) is 4.19. The first-order chi connectivity index (χ1) is 10.4. The molecule has 1 N–H and O–H groups in total. The first-order valence-electron chi connectivity index (χ1n) is 9.01. The zero-order valence-electron chi connectivity index (χ0n) is 13.5. The number of guanidine groups is 1. The third-order valence-electron chi connectivity index (χ3n) is 5.35. The van der Waals surface area contributed by atoms with Gasteiger partial charge in [-0.3, -0.25) is 4.99 Å². The van der Waals surface area contributed by atoms with E-state index in [9.17, 15) is 0 Å². The summed E-state index contributed by atoms with van der Waals surface area (Å²) in [5, 5.41) is 3.49. The van der Waals surface area contributed by atoms with Gasteiger partial charge in [0.05, 0.1) is 6.10 Å². The molecule has 120 valence electrons. The number of hydrogen-bond acceptors (Lipinski definition) is 2. The van der Waals surface area contributed by atoms with E-state index in [1.54, 1.807) is 0 Å². The topological polar surface area (TPSA) is 36.9 Å². The van der Waals surface area contributed by atoms with Crippen LogP contribution in [0.2, 0.25) is 0 Å². The number of aliphatic imine (C=N–C) groups is 1. The van der Waals surface area contributed by atoms with Crippen LogP contribution in [0.25, 0.3) is 0 Å². The number of nitrogens with zero attached hydrogens (tertiary/aromatic N) is 2. The molecular formula is C17H31N3O. The van der Waals surface area contributed by atoms with Crippen molar-refractivity contribution in [3.63, 3.8) is 0 Å². The smallest absolute Gasteiger partial charge is 0.193 e. The molecule has 4 heteroatoms. The highest BCUT2D eigenvalue weighted by Crippen LogP contribution is 2.35. The van der Waals surface area contributed by atoms with Gasteiger partial charge in [0.25, 0.3) is 0 Å². The van der Waals surface area contributed by atoms with E-state index in [1.807, 2.05) is 0 Å². The minimum Gasteiger partial charge on any atom is -0.378 e. The average molecular weight is 293 g/mol. The molecule has 3 atom stereocenters. The van der Waals surface area contributed by atoms with Gasteiger partial charge >= 0.3 is 0 Å². The van der Waals surface area contributed by atoms with Crippen molar-refractivity contribution in [3.05, 3.63) is 0 Å². The van der Waals surface area contributed by atoms with Crippen LogP contribution in [0, 0.1) is 11.8 Å². The molecule has 4 nitrogen and oxygen atoms in total. The zero-order chi connectivity index (χ0) is 14.5. The summed E-state index contributed by atoms with van der Waals surface area (Å²) < 4.78 is 5.69. The summed E-state index contributed by atoms with van der Waals surface area (Å²) in [5.74, 6) is 2.98. The number of ether oxygens (including phenoxy) is 1. The minimum atomic E-state index is 0.456. The van der Waals surface area contributed by atoms with Gasteiger partial charge in [0.15, 0.2) is 5.96 Å². The van der Waals surface area contributed by atoms with Gasteiger partial charge in [-0.15, -0.1) is 0 Å². The highest BCUT2D eigenvalue weighted by Gasteiger charge is 2.35. The second-order valence-electron chi connectivity index (χ2n) is 6.87. The van der Waals surface area contributed by atoms with Crippen LogP contribution < -0.4 is 5.32 Å². The minimum absolute atomic E-state index is 0.456. The lowest BCUT2D eigenvalue weighted by Crippen LogP contribution is -2.40. The molecule has 0 radical (unpaired) electrons. The fraction of sp³-hybridized carbons (Fsp3) is 0.941. The predicted octanol–water partition coefficient (Wildman–Crippen LogP) is 2.64. The molecule has 0 aromatic carbocycles. The molecule has 0 amide bonds. The molecule has 21 heavy (non-hydrogen) atoms. The zero-order valence-corrected chi connectivity index (χ0v) is 13.5. The summed E-state index contributed by atoms with van der Waals surface area (Å²) >= 11 is 0. The van der Waals surface area contributed by atoms with Crippen LogP contribution in [0.4, 0.5) is 0 Å². The average Bonchev–Trinajstić information content (AvgIpc) is 3.15. The summed E-state index contributed by atoms with van der Waals surface area (Å²) in [6.07, 6.45) is 9.70. The van der Waals surface area contributed by atoms with E-state index in [1.165, 1.54) is 51.6 Å². The van der Waals surface area contributed by atoms with Crippen molar-refractivity contribution in [1.82, 2.24) is 10.2 Å². The van der Waals surface area contributed by atoms with Gasteiger partial charge in [0.1, 0.15) is 0 Å². The van der Waals surface area contributed by atoms with Gasteiger partial charge in [0.2, 0.25) is 0 Å². The Morgan fingerprint density at radius 2 is 1.90 bits per heavy atom. The molecule has 0 spiro atoms. The Morgan fingerprint density at radius 3 is 2.52 bits per heavy atom. The maximum Gasteiger partial charge on any atom is 0.193 e. The van der Waals surface area contributed by atoms with E-state index in [-0.39, 0.29) is 0 Å². The molecule has 3 fully saturated rings. The lowest BCUT2D eigenvalue weighted by Gasteiger charge is -2.22. The number of rotatable bonds is 4. The van der Waals surface area contributed by atoms with Crippen LogP contribution in [0.1, 0.15) is 51.9 Å². The highest BCUT2D eigenvalue weighted by atomic mass is 16.5. The van der Waals surface area contributed by atoms with Gasteiger partial charge in [-0.1, -0.05) is 12.8 Å². The van der Waals surface area contributed by atoms with Crippen molar-refractivity contribution in [2.45, 2.75) is 58.0 Å². The van der Waals surface area contributed by atoms with Crippen LogP contribution in [0.5, 0.6) is 0 Å². The molecule has 2 heterocycles. The molecule has 0 aromatic heterocycles. The summed E-state index contributed by atoms with van der Waals surface area (Å²) in [4.78, 5) is 7.38. The number of likely N-dealkylation sites (tertiary alicyclic amines) is 1. The van der Waals surface area contributed by atoms with Crippen LogP contribution in [-0.2, 0) is 4.74 Å². The van der Waals surface area contributed by atoms with E-state index in [2.05, 4.69) is 17.1 Å². The summed E-state index contributed by atoms with van der Waals surface area (Å²) in [5.41, 5.74) is 0. The molecule has 3 rings (SSSR count). The first-order valence-corrected chi connectivity index (χ1v) is 9.01. The van der Waals surface area contributed by atoms with Crippen molar-refractivity contribution in [2.24, 2.45) is 16.8 Å². The molecule has 3 unspecified atom stereocenters. The molecule has 2 saturated heterocycles.